The van der Waals surface area contributed by atoms with E-state index in [9.17, 15) is 16.8 Å². The highest BCUT2D eigenvalue weighted by Crippen LogP contribution is 2.30. The largest absolute Gasteiger partial charge is 0.338 e. The predicted molar refractivity (Wildman–Crippen MR) is 122 cm³/mol. The minimum absolute atomic E-state index is 0.0940. The maximum absolute atomic E-state index is 12.9. The summed E-state index contributed by atoms with van der Waals surface area (Å²) in [5.41, 5.74) is 2.18. The van der Waals surface area contributed by atoms with Crippen molar-refractivity contribution in [3.8, 4) is 11.4 Å². The molecule has 0 aliphatic heterocycles. The van der Waals surface area contributed by atoms with E-state index in [0.717, 1.165) is 12.3 Å². The summed E-state index contributed by atoms with van der Waals surface area (Å²) >= 11 is 12.3. The molecule has 0 amide bonds. The van der Waals surface area contributed by atoms with Crippen LogP contribution in [-0.2, 0) is 19.9 Å². The average Bonchev–Trinajstić information content (AvgIpc) is 3.10. The molecule has 0 spiro atoms. The lowest BCUT2D eigenvalue weighted by molar-refractivity contribution is 0.600. The van der Waals surface area contributed by atoms with Gasteiger partial charge in [0.05, 0.1) is 31.7 Å². The molecule has 1 aromatic heterocycles. The Hall–Kier alpha value is -2.59. The van der Waals surface area contributed by atoms with Gasteiger partial charge in [0.1, 0.15) is 10.7 Å². The summed E-state index contributed by atoms with van der Waals surface area (Å²) in [6.45, 7) is 0. The molecule has 0 saturated carbocycles. The molecular formula is C20H15Cl2N3O4S2. The molecule has 7 nitrogen and oxygen atoms in total. The van der Waals surface area contributed by atoms with Crippen LogP contribution in [0.15, 0.2) is 70.5 Å². The fourth-order valence-electron chi connectivity index (χ4n) is 2.98. The number of rotatable bonds is 5. The third kappa shape index (κ3) is 4.40. The molecule has 3 aromatic carbocycles. The van der Waals surface area contributed by atoms with Gasteiger partial charge in [0.2, 0.25) is 0 Å². The minimum Gasteiger partial charge on any atom is -0.338 e. The molecule has 0 unspecified atom stereocenters. The van der Waals surface area contributed by atoms with Gasteiger partial charge >= 0.3 is 0 Å². The second-order valence-electron chi connectivity index (χ2n) is 6.77. The number of nitrogens with one attached hydrogen (secondary N) is 2. The Morgan fingerprint density at radius 2 is 1.65 bits per heavy atom. The predicted octanol–water partition coefficient (Wildman–Crippen LogP) is 4.74. The van der Waals surface area contributed by atoms with Crippen molar-refractivity contribution in [1.82, 2.24) is 9.97 Å². The van der Waals surface area contributed by atoms with Crippen molar-refractivity contribution in [3.63, 3.8) is 0 Å². The lowest BCUT2D eigenvalue weighted by atomic mass is 10.2. The number of aromatic nitrogens is 2. The van der Waals surface area contributed by atoms with E-state index in [1.165, 1.54) is 12.1 Å². The average molecular weight is 496 g/mol. The van der Waals surface area contributed by atoms with E-state index in [-0.39, 0.29) is 20.5 Å². The van der Waals surface area contributed by atoms with Gasteiger partial charge in [-0.25, -0.2) is 21.8 Å². The van der Waals surface area contributed by atoms with Crippen LogP contribution in [0.2, 0.25) is 10.0 Å². The molecule has 4 aromatic rings. The highest BCUT2D eigenvalue weighted by atomic mass is 35.5. The molecule has 1 heterocycles. The Labute approximate surface area is 189 Å². The Balaban J connectivity index is 1.71. The zero-order valence-corrected chi connectivity index (χ0v) is 19.1. The number of hydrogen-bond donors (Lipinski definition) is 2. The van der Waals surface area contributed by atoms with Gasteiger partial charge < -0.3 is 4.98 Å². The van der Waals surface area contributed by atoms with E-state index in [4.69, 9.17) is 23.2 Å². The molecule has 11 heteroatoms. The first-order valence-corrected chi connectivity index (χ1v) is 12.9. The summed E-state index contributed by atoms with van der Waals surface area (Å²) in [5, 5.41) is 0.436. The van der Waals surface area contributed by atoms with Gasteiger partial charge in [0, 0.05) is 11.8 Å². The van der Waals surface area contributed by atoms with Crippen molar-refractivity contribution in [2.75, 3.05) is 11.0 Å². The van der Waals surface area contributed by atoms with Gasteiger partial charge in [-0.2, -0.15) is 0 Å². The van der Waals surface area contributed by atoms with Gasteiger partial charge in [-0.1, -0.05) is 35.3 Å². The number of imidazole rings is 1. The lowest BCUT2D eigenvalue weighted by Crippen LogP contribution is -2.14. The maximum Gasteiger partial charge on any atom is 0.263 e. The van der Waals surface area contributed by atoms with E-state index < -0.39 is 19.9 Å². The van der Waals surface area contributed by atoms with Crippen LogP contribution in [0.1, 0.15) is 0 Å². The summed E-state index contributed by atoms with van der Waals surface area (Å²) in [6, 6.07) is 15.5. The van der Waals surface area contributed by atoms with Crippen LogP contribution < -0.4 is 4.72 Å². The zero-order valence-electron chi connectivity index (χ0n) is 15.9. The second kappa shape index (κ2) is 7.83. The van der Waals surface area contributed by atoms with Gasteiger partial charge in [-0.3, -0.25) is 4.72 Å². The lowest BCUT2D eigenvalue weighted by Gasteiger charge is -2.11. The quantitative estimate of drug-likeness (QED) is 0.415. The van der Waals surface area contributed by atoms with E-state index in [1.54, 1.807) is 24.3 Å². The first-order chi connectivity index (χ1) is 14.5. The number of sulfone groups is 1. The van der Waals surface area contributed by atoms with Gasteiger partial charge in [0.25, 0.3) is 10.0 Å². The Morgan fingerprint density at radius 3 is 2.35 bits per heavy atom. The number of H-pyrrole nitrogens is 1. The van der Waals surface area contributed by atoms with E-state index in [2.05, 4.69) is 14.7 Å². The SMILES string of the molecule is CS(=O)(=O)c1ccc(Cl)c(S(=O)(=O)Nc2ccc3nc(-c4ccccc4Cl)[nH]c3c2)c1. The van der Waals surface area contributed by atoms with Crippen LogP contribution in [-0.4, -0.2) is 33.1 Å². The standard InChI is InChI=1S/C20H15Cl2N3O4S2/c1-30(26,27)13-7-8-16(22)19(11-13)31(28,29)25-12-6-9-17-18(10-12)24-20(23-17)14-4-2-3-5-15(14)21/h2-11,25H,1H3,(H,23,24). The van der Waals surface area contributed by atoms with Crippen LogP contribution in [0.3, 0.4) is 0 Å². The topological polar surface area (TPSA) is 109 Å². The van der Waals surface area contributed by atoms with Crippen LogP contribution >= 0.6 is 23.2 Å². The number of nitrogens with zero attached hydrogens (tertiary/aromatic N) is 1. The summed E-state index contributed by atoms with van der Waals surface area (Å²) in [5.74, 6) is 0.546. The number of hydrogen-bond acceptors (Lipinski definition) is 5. The smallest absolute Gasteiger partial charge is 0.263 e. The number of aromatic amines is 1. The van der Waals surface area contributed by atoms with E-state index >= 15 is 0 Å². The number of benzene rings is 3. The van der Waals surface area contributed by atoms with Crippen LogP contribution in [0, 0.1) is 0 Å². The summed E-state index contributed by atoms with van der Waals surface area (Å²) < 4.78 is 51.8. The number of halogens is 2. The highest BCUT2D eigenvalue weighted by molar-refractivity contribution is 7.93. The molecule has 0 atom stereocenters. The molecule has 0 saturated heterocycles. The normalized spacial score (nSPS) is 12.2. The third-order valence-electron chi connectivity index (χ3n) is 4.48. The van der Waals surface area contributed by atoms with Gasteiger partial charge in [0.15, 0.2) is 9.84 Å². The number of fused-ring (bicyclic) bond motifs is 1. The minimum atomic E-state index is -4.15. The highest BCUT2D eigenvalue weighted by Gasteiger charge is 2.21. The Kier molecular flexibility index (Phi) is 5.47. The van der Waals surface area contributed by atoms with Crippen molar-refractivity contribution in [2.45, 2.75) is 9.79 Å². The molecule has 0 aliphatic carbocycles. The summed E-state index contributed by atoms with van der Waals surface area (Å²) in [6.07, 6.45) is 0.989. The first-order valence-electron chi connectivity index (χ1n) is 8.82. The molecule has 31 heavy (non-hydrogen) atoms. The Bertz CT molecular complexity index is 1530. The first kappa shape index (κ1) is 21.6. The third-order valence-corrected chi connectivity index (χ3v) is 7.79. The molecule has 0 bridgehead atoms. The van der Waals surface area contributed by atoms with Gasteiger partial charge in [-0.15, -0.1) is 0 Å². The molecule has 0 radical (unpaired) electrons. The van der Waals surface area contributed by atoms with Crippen LogP contribution in [0.25, 0.3) is 22.4 Å². The zero-order chi connectivity index (χ0) is 22.4. The number of sulfonamides is 1. The van der Waals surface area contributed by atoms with Crippen LogP contribution in [0.4, 0.5) is 5.69 Å². The Morgan fingerprint density at radius 1 is 0.903 bits per heavy atom. The number of anilines is 1. The van der Waals surface area contributed by atoms with E-state index in [0.29, 0.717) is 27.4 Å². The molecule has 0 fully saturated rings. The maximum atomic E-state index is 12.9. The van der Waals surface area contributed by atoms with Crippen molar-refractivity contribution in [2.24, 2.45) is 0 Å². The summed E-state index contributed by atoms with van der Waals surface area (Å²) in [4.78, 5) is 7.13. The molecule has 4 rings (SSSR count). The summed E-state index contributed by atoms with van der Waals surface area (Å²) in [7, 11) is -7.76. The van der Waals surface area contributed by atoms with Gasteiger partial charge in [-0.05, 0) is 48.5 Å². The fraction of sp³-hybridized carbons (Fsp3) is 0.0500. The van der Waals surface area contributed by atoms with Crippen molar-refractivity contribution in [1.29, 1.82) is 0 Å². The van der Waals surface area contributed by atoms with Crippen molar-refractivity contribution < 1.29 is 16.8 Å². The molecule has 160 valence electrons. The monoisotopic (exact) mass is 495 g/mol. The fourth-order valence-corrected chi connectivity index (χ4v) is 5.51. The van der Waals surface area contributed by atoms with E-state index in [1.807, 2.05) is 18.2 Å². The second-order valence-corrected chi connectivity index (χ2v) is 11.2. The molecular weight excluding hydrogens is 481 g/mol. The van der Waals surface area contributed by atoms with Crippen molar-refractivity contribution >= 4 is 59.8 Å². The van der Waals surface area contributed by atoms with Crippen LogP contribution in [0.5, 0.6) is 0 Å². The van der Waals surface area contributed by atoms with Crippen molar-refractivity contribution in [3.05, 3.63) is 70.7 Å². The molecule has 0 aliphatic rings. The molecule has 2 N–H and O–H groups in total.